The molecule has 142 valence electrons. The highest BCUT2D eigenvalue weighted by molar-refractivity contribution is 4.77. The molecule has 0 spiro atoms. The first-order valence-electron chi connectivity index (χ1n) is 10.1. The van der Waals surface area contributed by atoms with E-state index >= 15 is 0 Å². The lowest BCUT2D eigenvalue weighted by molar-refractivity contribution is -0.865. The van der Waals surface area contributed by atoms with Gasteiger partial charge in [-0.25, -0.2) is 0 Å². The molecule has 0 aliphatic heterocycles. The molecule has 0 saturated heterocycles. The van der Waals surface area contributed by atoms with Crippen molar-refractivity contribution >= 4 is 0 Å². The molecule has 0 radical (unpaired) electrons. The molecule has 0 aliphatic rings. The number of nitrogens with one attached hydrogen (secondary N) is 1. The number of likely N-dealkylation sites (N-methyl/N-ethyl adjacent to an activating group) is 1. The van der Waals surface area contributed by atoms with Crippen molar-refractivity contribution in [1.29, 1.82) is 0 Å². The van der Waals surface area contributed by atoms with Crippen molar-refractivity contribution in [3.63, 3.8) is 0 Å². The summed E-state index contributed by atoms with van der Waals surface area (Å²) in [7, 11) is 4.32. The van der Waals surface area contributed by atoms with Crippen LogP contribution in [-0.4, -0.2) is 31.3 Å². The van der Waals surface area contributed by atoms with Gasteiger partial charge in [0.15, 0.2) is 0 Å². The Morgan fingerprint density at radius 3 is 1.35 bits per heavy atom. The van der Waals surface area contributed by atoms with Crippen LogP contribution in [0.5, 0.6) is 0 Å². The highest BCUT2D eigenvalue weighted by Gasteiger charge is 2.28. The average molecular weight is 350 g/mol. The number of rotatable bonds is 16. The second-order valence-corrected chi connectivity index (χ2v) is 7.64. The summed E-state index contributed by atoms with van der Waals surface area (Å²) in [4.78, 5) is 1.37. The third-order valence-electron chi connectivity index (χ3n) is 4.67. The first-order chi connectivity index (χ1) is 10.5. The van der Waals surface area contributed by atoms with Gasteiger partial charge in [-0.05, 0) is 12.8 Å². The van der Waals surface area contributed by atoms with Crippen LogP contribution in [0.4, 0.5) is 0 Å². The van der Waals surface area contributed by atoms with Crippen molar-refractivity contribution < 1.29 is 22.4 Å². The van der Waals surface area contributed by atoms with E-state index in [0.29, 0.717) is 0 Å². The van der Waals surface area contributed by atoms with Gasteiger partial charge in [0.1, 0.15) is 12.1 Å². The molecule has 0 fully saturated rings. The molecule has 0 aromatic carbocycles. The van der Waals surface area contributed by atoms with Crippen LogP contribution in [0.3, 0.4) is 0 Å². The zero-order valence-corrected chi connectivity index (χ0v) is 17.2. The summed E-state index contributed by atoms with van der Waals surface area (Å²) >= 11 is 0. The number of hydrogen-bond acceptors (Lipinski definition) is 1. The van der Waals surface area contributed by atoms with E-state index in [0.717, 1.165) is 19.4 Å². The summed E-state index contributed by atoms with van der Waals surface area (Å²) in [6.07, 6.45) is 17.8. The monoisotopic (exact) mass is 349 g/mol. The van der Waals surface area contributed by atoms with E-state index in [4.69, 9.17) is 0 Å². The maximum absolute atomic E-state index is 11.0. The first-order valence-corrected chi connectivity index (χ1v) is 10.1. The molecular weight excluding hydrogens is 306 g/mol. The first kappa shape index (κ1) is 25.5. The van der Waals surface area contributed by atoms with Gasteiger partial charge in [0, 0.05) is 0 Å². The summed E-state index contributed by atoms with van der Waals surface area (Å²) in [6.45, 7) is 5.43. The van der Waals surface area contributed by atoms with E-state index in [2.05, 4.69) is 27.9 Å². The summed E-state index contributed by atoms with van der Waals surface area (Å²) in [6, 6.07) is 0. The lowest BCUT2D eigenvalue weighted by Gasteiger charge is -2.29. The van der Waals surface area contributed by atoms with E-state index in [-0.39, 0.29) is 12.4 Å². The van der Waals surface area contributed by atoms with Crippen LogP contribution in [0.2, 0.25) is 0 Å². The summed E-state index contributed by atoms with van der Waals surface area (Å²) in [5.41, 5.74) is -0.422. The van der Waals surface area contributed by atoms with Crippen molar-refractivity contribution in [3.05, 3.63) is 0 Å². The van der Waals surface area contributed by atoms with Gasteiger partial charge >= 0.3 is 0 Å². The van der Waals surface area contributed by atoms with Crippen LogP contribution in [0.15, 0.2) is 0 Å². The third-order valence-corrected chi connectivity index (χ3v) is 4.67. The lowest BCUT2D eigenvalue weighted by atomic mass is 9.89. The van der Waals surface area contributed by atoms with E-state index in [1.807, 2.05) is 0 Å². The molecule has 0 aromatic heterocycles. The maximum Gasteiger partial charge on any atom is 0.113 e. The molecule has 0 saturated carbocycles. The van der Waals surface area contributed by atoms with Crippen LogP contribution >= 0.6 is 0 Å². The van der Waals surface area contributed by atoms with Gasteiger partial charge in [0.2, 0.25) is 0 Å². The minimum absolute atomic E-state index is 0. The van der Waals surface area contributed by atoms with Crippen LogP contribution < -0.4 is 17.3 Å². The Bertz CT molecular complexity index is 218. The molecule has 0 rings (SSSR count). The second-order valence-electron chi connectivity index (χ2n) is 7.64. The molecule has 0 amide bonds. The molecule has 0 unspecified atom stereocenters. The molecule has 0 aromatic rings. The number of hydrogen-bond donors (Lipinski definition) is 2. The molecule has 23 heavy (non-hydrogen) atoms. The fraction of sp³-hybridized carbons (Fsp3) is 1.00. The van der Waals surface area contributed by atoms with Crippen LogP contribution in [0, 0.1) is 0 Å². The zero-order chi connectivity index (χ0) is 16.7. The van der Waals surface area contributed by atoms with Crippen molar-refractivity contribution in [2.75, 3.05) is 20.6 Å². The van der Waals surface area contributed by atoms with Crippen LogP contribution in [0.1, 0.15) is 104 Å². The number of aliphatic hydroxyl groups is 1. The largest absolute Gasteiger partial charge is 1.00 e. The Balaban J connectivity index is 0. The van der Waals surface area contributed by atoms with Gasteiger partial charge in [-0.15, -0.1) is 0 Å². The number of halogens is 1. The smallest absolute Gasteiger partial charge is 0.113 e. The van der Waals surface area contributed by atoms with Crippen LogP contribution in [0.25, 0.3) is 0 Å². The highest BCUT2D eigenvalue weighted by Crippen LogP contribution is 2.22. The molecule has 2 N–H and O–H groups in total. The highest BCUT2D eigenvalue weighted by atomic mass is 35.5. The van der Waals surface area contributed by atoms with Crippen molar-refractivity contribution in [2.45, 2.75) is 109 Å². The predicted octanol–water partition coefficient (Wildman–Crippen LogP) is 1.37. The van der Waals surface area contributed by atoms with Crippen molar-refractivity contribution in [1.82, 2.24) is 0 Å². The van der Waals surface area contributed by atoms with Gasteiger partial charge in [0.05, 0.1) is 14.1 Å². The quantitative estimate of drug-likeness (QED) is 0.404. The molecule has 2 nitrogen and oxygen atoms in total. The van der Waals surface area contributed by atoms with E-state index in [1.54, 1.807) is 0 Å². The third kappa shape index (κ3) is 16.8. The SMILES string of the molecule is CCCCCCCCC(O)(CCCCCCCC)C[NH+](C)C.[Cl-]. The van der Waals surface area contributed by atoms with Gasteiger partial charge in [-0.1, -0.05) is 90.9 Å². The Kier molecular flexibility index (Phi) is 18.9. The number of unbranched alkanes of at least 4 members (excludes halogenated alkanes) is 10. The fourth-order valence-electron chi connectivity index (χ4n) is 3.43. The molecule has 3 heteroatoms. The van der Waals surface area contributed by atoms with Gasteiger partial charge in [0.25, 0.3) is 0 Å². The minimum Gasteiger partial charge on any atom is -1.00 e. The Hall–Kier alpha value is 0.210. The Morgan fingerprint density at radius 2 is 1.00 bits per heavy atom. The van der Waals surface area contributed by atoms with E-state index in [1.165, 1.54) is 81.9 Å². The molecule has 0 heterocycles. The minimum atomic E-state index is -0.422. The standard InChI is InChI=1S/C20H43NO.ClH/c1-5-7-9-11-13-15-17-20(22,19-21(3)4)18-16-14-12-10-8-6-2;/h22H,5-19H2,1-4H3;1H. The topological polar surface area (TPSA) is 24.7 Å². The number of quaternary nitrogens is 1. The molecule has 0 atom stereocenters. The normalized spacial score (nSPS) is 11.7. The molecular formula is C20H44ClNO. The fourth-order valence-corrected chi connectivity index (χ4v) is 3.43. The van der Waals surface area contributed by atoms with Gasteiger partial charge in [-0.2, -0.15) is 0 Å². The maximum atomic E-state index is 11.0. The molecule has 0 bridgehead atoms. The summed E-state index contributed by atoms with van der Waals surface area (Å²) in [5.74, 6) is 0. The van der Waals surface area contributed by atoms with Crippen molar-refractivity contribution in [3.8, 4) is 0 Å². The summed E-state index contributed by atoms with van der Waals surface area (Å²) < 4.78 is 0. The van der Waals surface area contributed by atoms with Crippen molar-refractivity contribution in [2.24, 2.45) is 0 Å². The Labute approximate surface area is 152 Å². The second kappa shape index (κ2) is 17.0. The lowest BCUT2D eigenvalue weighted by Crippen LogP contribution is -3.08. The molecule has 0 aliphatic carbocycles. The van der Waals surface area contributed by atoms with Gasteiger partial charge < -0.3 is 22.4 Å². The van der Waals surface area contributed by atoms with E-state index in [9.17, 15) is 5.11 Å². The van der Waals surface area contributed by atoms with E-state index < -0.39 is 5.60 Å². The Morgan fingerprint density at radius 1 is 0.652 bits per heavy atom. The zero-order valence-electron chi connectivity index (χ0n) is 16.4. The summed E-state index contributed by atoms with van der Waals surface area (Å²) in [5, 5.41) is 11.0. The van der Waals surface area contributed by atoms with Crippen LogP contribution in [-0.2, 0) is 0 Å². The van der Waals surface area contributed by atoms with Gasteiger partial charge in [-0.3, -0.25) is 0 Å². The predicted molar refractivity (Wildman–Crippen MR) is 98.6 cm³/mol. The average Bonchev–Trinajstić information content (AvgIpc) is 2.46.